The van der Waals surface area contributed by atoms with Crippen LogP contribution < -0.4 is 10.0 Å². The van der Waals surface area contributed by atoms with E-state index < -0.39 is 15.3 Å². The van der Waals surface area contributed by atoms with E-state index >= 15 is 0 Å². The summed E-state index contributed by atoms with van der Waals surface area (Å²) in [5, 5.41) is 14.6. The molecule has 0 radical (unpaired) electrons. The Morgan fingerprint density at radius 2 is 1.83 bits per heavy atom. The lowest BCUT2D eigenvalue weighted by atomic mass is 10.3. The molecule has 2 aromatic heterocycles. The molecule has 2 aromatic carbocycles. The van der Waals surface area contributed by atoms with Crippen molar-refractivity contribution in [3.63, 3.8) is 0 Å². The van der Waals surface area contributed by atoms with Gasteiger partial charge in [-0.2, -0.15) is 4.68 Å². The van der Waals surface area contributed by atoms with Crippen molar-refractivity contribution < 1.29 is 13.2 Å². The molecule has 1 unspecified atom stereocenters. The molecule has 1 atom stereocenters. The number of aromatic nitrogens is 6. The SMILES string of the molecule is CCC(Sc1nnnn1-c1ccccc1)C(=O)Nc1ccc(S(=O)(=O)Nc2nccc(C)n2)cc1. The van der Waals surface area contributed by atoms with Gasteiger partial charge in [0.05, 0.1) is 15.8 Å². The van der Waals surface area contributed by atoms with Crippen molar-refractivity contribution >= 4 is 39.3 Å². The number of sulfonamides is 1. The van der Waals surface area contributed by atoms with Crippen LogP contribution in [0.3, 0.4) is 0 Å². The van der Waals surface area contributed by atoms with Gasteiger partial charge in [-0.3, -0.25) is 4.79 Å². The molecule has 180 valence electrons. The molecule has 11 nitrogen and oxygen atoms in total. The minimum absolute atomic E-state index is 0.0111. The van der Waals surface area contributed by atoms with Crippen molar-refractivity contribution in [1.82, 2.24) is 30.2 Å². The Morgan fingerprint density at radius 1 is 1.09 bits per heavy atom. The smallest absolute Gasteiger partial charge is 0.264 e. The van der Waals surface area contributed by atoms with Gasteiger partial charge in [0.25, 0.3) is 10.0 Å². The average molecular weight is 511 g/mol. The fourth-order valence-electron chi connectivity index (χ4n) is 3.05. The van der Waals surface area contributed by atoms with E-state index in [1.54, 1.807) is 17.7 Å². The van der Waals surface area contributed by atoms with Crippen molar-refractivity contribution in [2.75, 3.05) is 10.0 Å². The van der Waals surface area contributed by atoms with Crippen LogP contribution in [0.15, 0.2) is 76.9 Å². The number of para-hydroxylation sites is 1. The van der Waals surface area contributed by atoms with E-state index in [0.29, 0.717) is 23.0 Å². The van der Waals surface area contributed by atoms with Gasteiger partial charge in [-0.25, -0.2) is 23.1 Å². The van der Waals surface area contributed by atoms with Crippen molar-refractivity contribution in [3.05, 3.63) is 72.6 Å². The van der Waals surface area contributed by atoms with Crippen molar-refractivity contribution in [3.8, 4) is 5.69 Å². The number of hydrogen-bond donors (Lipinski definition) is 2. The second-order valence-corrected chi connectivity index (χ2v) is 10.2. The van der Waals surface area contributed by atoms with Crippen LogP contribution >= 0.6 is 11.8 Å². The molecule has 0 bridgehead atoms. The first kappa shape index (κ1) is 24.3. The maximum absolute atomic E-state index is 12.9. The van der Waals surface area contributed by atoms with Crippen molar-refractivity contribution in [1.29, 1.82) is 0 Å². The van der Waals surface area contributed by atoms with Crippen LogP contribution in [-0.4, -0.2) is 49.8 Å². The number of anilines is 2. The fourth-order valence-corrected chi connectivity index (χ4v) is 4.91. The van der Waals surface area contributed by atoms with Gasteiger partial charge in [-0.05, 0) is 66.2 Å². The summed E-state index contributed by atoms with van der Waals surface area (Å²) in [5.74, 6) is -0.259. The molecule has 4 aromatic rings. The van der Waals surface area contributed by atoms with E-state index in [2.05, 4.69) is 35.5 Å². The summed E-state index contributed by atoms with van der Waals surface area (Å²) >= 11 is 1.25. The molecule has 0 saturated carbocycles. The number of benzene rings is 2. The zero-order valence-electron chi connectivity index (χ0n) is 18.9. The number of tetrazole rings is 1. The van der Waals surface area contributed by atoms with Gasteiger partial charge in [-0.15, -0.1) is 5.10 Å². The zero-order chi connectivity index (χ0) is 24.8. The Morgan fingerprint density at radius 3 is 2.51 bits per heavy atom. The first-order chi connectivity index (χ1) is 16.9. The van der Waals surface area contributed by atoms with Gasteiger partial charge in [-0.1, -0.05) is 36.9 Å². The summed E-state index contributed by atoms with van der Waals surface area (Å²) in [4.78, 5) is 20.9. The molecule has 0 spiro atoms. The summed E-state index contributed by atoms with van der Waals surface area (Å²) < 4.78 is 29.2. The number of carbonyl (C=O) groups is 1. The van der Waals surface area contributed by atoms with Gasteiger partial charge in [0.15, 0.2) is 0 Å². The predicted molar refractivity (Wildman–Crippen MR) is 132 cm³/mol. The minimum Gasteiger partial charge on any atom is -0.325 e. The molecule has 0 fully saturated rings. The van der Waals surface area contributed by atoms with Gasteiger partial charge in [0.1, 0.15) is 0 Å². The molecule has 2 N–H and O–H groups in total. The second-order valence-electron chi connectivity index (χ2n) is 7.36. The third kappa shape index (κ3) is 6.00. The van der Waals surface area contributed by atoms with Crippen molar-refractivity contribution in [2.24, 2.45) is 0 Å². The third-order valence-corrected chi connectivity index (χ3v) is 7.45. The van der Waals surface area contributed by atoms with E-state index in [-0.39, 0.29) is 16.8 Å². The quantitative estimate of drug-likeness (QED) is 0.324. The first-order valence-electron chi connectivity index (χ1n) is 10.6. The number of carbonyl (C=O) groups excluding carboxylic acids is 1. The Bertz CT molecular complexity index is 1410. The van der Waals surface area contributed by atoms with E-state index in [9.17, 15) is 13.2 Å². The molecule has 2 heterocycles. The first-order valence-corrected chi connectivity index (χ1v) is 13.0. The lowest BCUT2D eigenvalue weighted by Gasteiger charge is -2.14. The molecule has 4 rings (SSSR count). The van der Waals surface area contributed by atoms with Gasteiger partial charge in [0.2, 0.25) is 17.0 Å². The topological polar surface area (TPSA) is 145 Å². The Hall–Kier alpha value is -3.84. The summed E-state index contributed by atoms with van der Waals surface area (Å²) in [6.07, 6.45) is 2.00. The minimum atomic E-state index is -3.88. The molecule has 1 amide bonds. The number of aryl methyl sites for hydroxylation is 1. The highest BCUT2D eigenvalue weighted by Gasteiger charge is 2.23. The van der Waals surface area contributed by atoms with Crippen LogP contribution in [-0.2, 0) is 14.8 Å². The van der Waals surface area contributed by atoms with E-state index in [1.165, 1.54) is 42.2 Å². The Balaban J connectivity index is 1.43. The summed E-state index contributed by atoms with van der Waals surface area (Å²) in [6, 6.07) is 16.9. The molecular weight excluding hydrogens is 488 g/mol. The van der Waals surface area contributed by atoms with Crippen LogP contribution in [0.1, 0.15) is 19.0 Å². The number of rotatable bonds is 9. The molecule has 13 heteroatoms. The van der Waals surface area contributed by atoms with E-state index in [0.717, 1.165) is 5.69 Å². The highest BCUT2D eigenvalue weighted by atomic mass is 32.2. The highest BCUT2D eigenvalue weighted by molar-refractivity contribution is 8.00. The summed E-state index contributed by atoms with van der Waals surface area (Å²) in [6.45, 7) is 3.63. The van der Waals surface area contributed by atoms with Crippen LogP contribution in [0.5, 0.6) is 0 Å². The van der Waals surface area contributed by atoms with E-state index in [1.807, 2.05) is 37.3 Å². The second kappa shape index (κ2) is 10.6. The molecule has 0 aliphatic rings. The monoisotopic (exact) mass is 510 g/mol. The summed E-state index contributed by atoms with van der Waals surface area (Å²) in [5.41, 5.74) is 1.89. The van der Waals surface area contributed by atoms with Gasteiger partial charge in [0, 0.05) is 17.6 Å². The Kier molecular flexibility index (Phi) is 7.36. The zero-order valence-corrected chi connectivity index (χ0v) is 20.5. The standard InChI is InChI=1S/C22H22N8O3S2/c1-3-19(34-22-26-28-29-30(22)17-7-5-4-6-8-17)20(31)25-16-9-11-18(12-10-16)35(32,33)27-21-23-14-13-15(2)24-21/h4-14,19H,3H2,1-2H3,(H,25,31)(H,23,24,27). The van der Waals surface area contributed by atoms with Gasteiger partial charge < -0.3 is 5.32 Å². The highest BCUT2D eigenvalue weighted by Crippen LogP contribution is 2.26. The average Bonchev–Trinajstić information content (AvgIpc) is 3.31. The van der Waals surface area contributed by atoms with Crippen LogP contribution in [0.4, 0.5) is 11.6 Å². The van der Waals surface area contributed by atoms with Gasteiger partial charge >= 0.3 is 0 Å². The number of thioether (sulfide) groups is 1. The largest absolute Gasteiger partial charge is 0.325 e. The van der Waals surface area contributed by atoms with E-state index in [4.69, 9.17) is 0 Å². The maximum atomic E-state index is 12.9. The molecule has 0 saturated heterocycles. The van der Waals surface area contributed by atoms with Crippen LogP contribution in [0.25, 0.3) is 5.69 Å². The van der Waals surface area contributed by atoms with Crippen molar-refractivity contribution in [2.45, 2.75) is 35.6 Å². The Labute approximate surface area is 206 Å². The maximum Gasteiger partial charge on any atom is 0.264 e. The number of nitrogens with one attached hydrogen (secondary N) is 2. The summed E-state index contributed by atoms with van der Waals surface area (Å²) in [7, 11) is -3.88. The van der Waals surface area contributed by atoms with Crippen LogP contribution in [0, 0.1) is 6.92 Å². The number of hydrogen-bond acceptors (Lipinski definition) is 9. The normalized spacial score (nSPS) is 12.2. The number of nitrogens with zero attached hydrogens (tertiary/aromatic N) is 6. The molecule has 35 heavy (non-hydrogen) atoms. The van der Waals surface area contributed by atoms with Crippen LogP contribution in [0.2, 0.25) is 0 Å². The molecule has 0 aliphatic heterocycles. The number of amides is 1. The predicted octanol–water partition coefficient (Wildman–Crippen LogP) is 3.07. The molecule has 0 aliphatic carbocycles. The lowest BCUT2D eigenvalue weighted by molar-refractivity contribution is -0.115. The molecular formula is C22H22N8O3S2. The fraction of sp³-hybridized carbons (Fsp3) is 0.182. The third-order valence-electron chi connectivity index (χ3n) is 4.81. The lowest BCUT2D eigenvalue weighted by Crippen LogP contribution is -2.25.